The van der Waals surface area contributed by atoms with Gasteiger partial charge in [-0.15, -0.1) is 5.10 Å². The molecule has 2 rings (SSSR count). The second-order valence-corrected chi connectivity index (χ2v) is 5.66. The fourth-order valence-electron chi connectivity index (χ4n) is 2.54. The molecule has 1 saturated heterocycles. The average Bonchev–Trinajstić information content (AvgIpc) is 2.91. The lowest BCUT2D eigenvalue weighted by molar-refractivity contribution is -0.133. The van der Waals surface area contributed by atoms with Gasteiger partial charge in [0.2, 0.25) is 5.91 Å². The molecule has 1 aliphatic rings. The Balaban J connectivity index is 1.77. The van der Waals surface area contributed by atoms with Crippen LogP contribution in [-0.4, -0.2) is 59.2 Å². The van der Waals surface area contributed by atoms with Crippen molar-refractivity contribution in [1.82, 2.24) is 25.2 Å². The van der Waals surface area contributed by atoms with Crippen molar-refractivity contribution in [1.29, 1.82) is 0 Å². The third-order valence-electron chi connectivity index (χ3n) is 3.68. The molecule has 21 heavy (non-hydrogen) atoms. The first-order valence-electron chi connectivity index (χ1n) is 7.55. The molecular formula is C14H25N5O2. The van der Waals surface area contributed by atoms with Crippen molar-refractivity contribution >= 4 is 5.91 Å². The summed E-state index contributed by atoms with van der Waals surface area (Å²) in [6.45, 7) is 6.27. The van der Waals surface area contributed by atoms with Gasteiger partial charge in [0.1, 0.15) is 6.54 Å². The number of rotatable bonds is 7. The molecule has 0 radical (unpaired) electrons. The van der Waals surface area contributed by atoms with Gasteiger partial charge in [0, 0.05) is 33.3 Å². The van der Waals surface area contributed by atoms with E-state index in [2.05, 4.69) is 22.6 Å². The van der Waals surface area contributed by atoms with Crippen LogP contribution in [0.5, 0.6) is 0 Å². The minimum Gasteiger partial charge on any atom is -0.383 e. The summed E-state index contributed by atoms with van der Waals surface area (Å²) in [5, 5.41) is 11.3. The summed E-state index contributed by atoms with van der Waals surface area (Å²) in [6.07, 6.45) is 4.13. The number of carbonyl (C=O) groups is 1. The summed E-state index contributed by atoms with van der Waals surface area (Å²) in [5.41, 5.74) is 0.839. The van der Waals surface area contributed by atoms with E-state index in [0.29, 0.717) is 19.1 Å². The number of methoxy groups -OCH3 is 1. The number of likely N-dealkylation sites (tertiary alicyclic amines) is 1. The van der Waals surface area contributed by atoms with Gasteiger partial charge in [-0.05, 0) is 18.8 Å². The molecule has 0 aromatic carbocycles. The standard InChI is InChI=1S/C14H25N5O2/c1-12-4-3-6-18(9-12)14(20)11-19-10-13(16-17-19)8-15-5-7-21-2/h10,12,15H,3-9,11H2,1-2H3. The van der Waals surface area contributed by atoms with Crippen LogP contribution in [0.2, 0.25) is 0 Å². The van der Waals surface area contributed by atoms with E-state index in [-0.39, 0.29) is 12.5 Å². The van der Waals surface area contributed by atoms with Crippen LogP contribution in [-0.2, 0) is 22.6 Å². The van der Waals surface area contributed by atoms with Crippen LogP contribution in [0.3, 0.4) is 0 Å². The molecule has 1 N–H and O–H groups in total. The minimum absolute atomic E-state index is 0.130. The molecule has 7 nitrogen and oxygen atoms in total. The summed E-state index contributed by atoms with van der Waals surface area (Å²) < 4.78 is 6.58. The molecule has 0 spiro atoms. The largest absolute Gasteiger partial charge is 0.383 e. The zero-order chi connectivity index (χ0) is 15.1. The maximum absolute atomic E-state index is 12.2. The van der Waals surface area contributed by atoms with Gasteiger partial charge in [0.05, 0.1) is 18.5 Å². The minimum atomic E-state index is 0.130. The highest BCUT2D eigenvalue weighted by Gasteiger charge is 2.21. The predicted octanol–water partition coefficient (Wildman–Crippen LogP) is 0.273. The van der Waals surface area contributed by atoms with Crippen molar-refractivity contribution in [2.45, 2.75) is 32.9 Å². The molecule has 0 aliphatic carbocycles. The van der Waals surface area contributed by atoms with Crippen LogP contribution < -0.4 is 5.32 Å². The molecule has 1 aliphatic heterocycles. The van der Waals surface area contributed by atoms with Crippen LogP contribution >= 0.6 is 0 Å². The molecule has 1 unspecified atom stereocenters. The van der Waals surface area contributed by atoms with Crippen molar-refractivity contribution in [3.8, 4) is 0 Å². The molecule has 1 atom stereocenters. The second-order valence-electron chi connectivity index (χ2n) is 5.66. The lowest BCUT2D eigenvalue weighted by Gasteiger charge is -2.30. The van der Waals surface area contributed by atoms with E-state index in [1.807, 2.05) is 11.1 Å². The highest BCUT2D eigenvalue weighted by Crippen LogP contribution is 2.15. The first-order chi connectivity index (χ1) is 10.2. The van der Waals surface area contributed by atoms with Crippen molar-refractivity contribution in [3.05, 3.63) is 11.9 Å². The van der Waals surface area contributed by atoms with Gasteiger partial charge in [-0.3, -0.25) is 4.79 Å². The molecule has 0 saturated carbocycles. The second kappa shape index (κ2) is 8.09. The zero-order valence-corrected chi connectivity index (χ0v) is 12.9. The van der Waals surface area contributed by atoms with Crippen molar-refractivity contribution in [3.63, 3.8) is 0 Å². The number of nitrogens with zero attached hydrogens (tertiary/aromatic N) is 4. The van der Waals surface area contributed by atoms with E-state index in [1.54, 1.807) is 11.8 Å². The average molecular weight is 295 g/mol. The summed E-state index contributed by atoms with van der Waals surface area (Å²) in [7, 11) is 1.67. The smallest absolute Gasteiger partial charge is 0.244 e. The number of nitrogens with one attached hydrogen (secondary N) is 1. The monoisotopic (exact) mass is 295 g/mol. The van der Waals surface area contributed by atoms with E-state index in [4.69, 9.17) is 4.74 Å². The van der Waals surface area contributed by atoms with Gasteiger partial charge in [-0.2, -0.15) is 0 Å². The van der Waals surface area contributed by atoms with Gasteiger partial charge in [-0.1, -0.05) is 12.1 Å². The zero-order valence-electron chi connectivity index (χ0n) is 12.9. The lowest BCUT2D eigenvalue weighted by atomic mass is 10.0. The SMILES string of the molecule is COCCNCc1cn(CC(=O)N2CCCC(C)C2)nn1. The summed E-state index contributed by atoms with van der Waals surface area (Å²) in [4.78, 5) is 14.2. The molecule has 1 fully saturated rings. The molecule has 0 bridgehead atoms. The number of carbonyl (C=O) groups excluding carboxylic acids is 1. The number of ether oxygens (including phenoxy) is 1. The molecular weight excluding hydrogens is 270 g/mol. The van der Waals surface area contributed by atoms with Crippen molar-refractivity contribution in [2.75, 3.05) is 33.4 Å². The van der Waals surface area contributed by atoms with Crippen LogP contribution in [0.1, 0.15) is 25.5 Å². The van der Waals surface area contributed by atoms with Crippen molar-refractivity contribution in [2.24, 2.45) is 5.92 Å². The third kappa shape index (κ3) is 5.09. The highest BCUT2D eigenvalue weighted by atomic mass is 16.5. The summed E-state index contributed by atoms with van der Waals surface area (Å²) >= 11 is 0. The number of piperidine rings is 1. The summed E-state index contributed by atoms with van der Waals surface area (Å²) in [5.74, 6) is 0.726. The normalized spacial score (nSPS) is 19.0. The first-order valence-corrected chi connectivity index (χ1v) is 7.55. The Kier molecular flexibility index (Phi) is 6.13. The maximum Gasteiger partial charge on any atom is 0.244 e. The van der Waals surface area contributed by atoms with Gasteiger partial charge >= 0.3 is 0 Å². The van der Waals surface area contributed by atoms with Crippen LogP contribution in [0.15, 0.2) is 6.20 Å². The summed E-state index contributed by atoms with van der Waals surface area (Å²) in [6, 6.07) is 0. The molecule has 1 amide bonds. The number of hydrogen-bond acceptors (Lipinski definition) is 5. The Morgan fingerprint density at radius 2 is 2.43 bits per heavy atom. The van der Waals surface area contributed by atoms with E-state index >= 15 is 0 Å². The number of aromatic nitrogens is 3. The third-order valence-corrected chi connectivity index (χ3v) is 3.68. The molecule has 2 heterocycles. The highest BCUT2D eigenvalue weighted by molar-refractivity contribution is 5.76. The fraction of sp³-hybridized carbons (Fsp3) is 0.786. The number of hydrogen-bond donors (Lipinski definition) is 1. The van der Waals surface area contributed by atoms with Crippen LogP contribution in [0.4, 0.5) is 0 Å². The van der Waals surface area contributed by atoms with Gasteiger partial charge in [0.15, 0.2) is 0 Å². The Morgan fingerprint density at radius 1 is 1.57 bits per heavy atom. The molecule has 7 heteroatoms. The van der Waals surface area contributed by atoms with Gasteiger partial charge < -0.3 is 15.0 Å². The topological polar surface area (TPSA) is 72.3 Å². The fourth-order valence-corrected chi connectivity index (χ4v) is 2.54. The maximum atomic E-state index is 12.2. The van der Waals surface area contributed by atoms with E-state index in [1.165, 1.54) is 6.42 Å². The Hall–Kier alpha value is -1.47. The first kappa shape index (κ1) is 15.9. The quantitative estimate of drug-likeness (QED) is 0.731. The van der Waals surface area contributed by atoms with E-state index in [0.717, 1.165) is 31.7 Å². The Labute approximate surface area is 125 Å². The van der Waals surface area contributed by atoms with Gasteiger partial charge in [-0.25, -0.2) is 4.68 Å². The van der Waals surface area contributed by atoms with E-state index < -0.39 is 0 Å². The van der Waals surface area contributed by atoms with E-state index in [9.17, 15) is 4.79 Å². The van der Waals surface area contributed by atoms with Crippen LogP contribution in [0.25, 0.3) is 0 Å². The Morgan fingerprint density at radius 3 is 3.19 bits per heavy atom. The molecule has 1 aromatic rings. The lowest BCUT2D eigenvalue weighted by Crippen LogP contribution is -2.40. The molecule has 1 aromatic heterocycles. The Bertz CT molecular complexity index is 448. The van der Waals surface area contributed by atoms with Crippen molar-refractivity contribution < 1.29 is 9.53 Å². The predicted molar refractivity (Wildman–Crippen MR) is 78.6 cm³/mol. The molecule has 118 valence electrons. The number of amides is 1. The van der Waals surface area contributed by atoms with Crippen LogP contribution in [0, 0.1) is 5.92 Å². The van der Waals surface area contributed by atoms with Gasteiger partial charge in [0.25, 0.3) is 0 Å².